The lowest BCUT2D eigenvalue weighted by molar-refractivity contribution is 0.0788. The van der Waals surface area contributed by atoms with Crippen LogP contribution in [0, 0.1) is 0 Å². The summed E-state index contributed by atoms with van der Waals surface area (Å²) in [4.78, 5) is 14.2. The van der Waals surface area contributed by atoms with Crippen LogP contribution < -0.4 is 0 Å². The van der Waals surface area contributed by atoms with Gasteiger partial charge in [0.05, 0.1) is 5.52 Å². The summed E-state index contributed by atoms with van der Waals surface area (Å²) in [7, 11) is 3.72. The van der Waals surface area contributed by atoms with Crippen LogP contribution in [0.2, 0.25) is 0 Å². The Labute approximate surface area is 127 Å². The SMILES string of the molecule is CN(CCCCCBr)C(=O)c1nn(C)c2ccccc12. The third-order valence-corrected chi connectivity index (χ3v) is 3.99. The molecule has 0 aliphatic heterocycles. The molecule has 0 bridgehead atoms. The van der Waals surface area contributed by atoms with Gasteiger partial charge in [0.25, 0.3) is 5.91 Å². The number of unbranched alkanes of at least 4 members (excludes halogenated alkanes) is 2. The number of fused-ring (bicyclic) bond motifs is 1. The Morgan fingerprint density at radius 2 is 2.05 bits per heavy atom. The number of aryl methyl sites for hydroxylation is 1. The second-order valence-electron chi connectivity index (χ2n) is 4.97. The summed E-state index contributed by atoms with van der Waals surface area (Å²) in [5.74, 6) is 0.000595. The highest BCUT2D eigenvalue weighted by Gasteiger charge is 2.18. The number of rotatable bonds is 6. The predicted molar refractivity (Wildman–Crippen MR) is 85.3 cm³/mol. The van der Waals surface area contributed by atoms with Crippen LogP contribution in [0.4, 0.5) is 0 Å². The number of para-hydroxylation sites is 1. The molecule has 2 aromatic rings. The molecule has 1 amide bonds. The summed E-state index contributed by atoms with van der Waals surface area (Å²) in [6.07, 6.45) is 3.30. The monoisotopic (exact) mass is 337 g/mol. The number of hydrogen-bond acceptors (Lipinski definition) is 2. The van der Waals surface area contributed by atoms with Gasteiger partial charge in [0.2, 0.25) is 0 Å². The van der Waals surface area contributed by atoms with E-state index in [1.54, 1.807) is 9.58 Å². The van der Waals surface area contributed by atoms with Gasteiger partial charge in [0.1, 0.15) is 0 Å². The standard InChI is InChI=1S/C15H20BrN3O/c1-18(11-7-3-6-10-16)15(20)14-12-8-4-5-9-13(12)19(2)17-14/h4-5,8-9H,3,6-7,10-11H2,1-2H3. The van der Waals surface area contributed by atoms with Crippen molar-refractivity contribution >= 4 is 32.7 Å². The van der Waals surface area contributed by atoms with Crippen molar-refractivity contribution in [2.24, 2.45) is 7.05 Å². The number of carbonyl (C=O) groups is 1. The van der Waals surface area contributed by atoms with Gasteiger partial charge in [-0.15, -0.1) is 0 Å². The summed E-state index contributed by atoms with van der Waals surface area (Å²) < 4.78 is 1.77. The predicted octanol–water partition coefficient (Wildman–Crippen LogP) is 3.21. The van der Waals surface area contributed by atoms with Crippen LogP contribution in [0.3, 0.4) is 0 Å². The number of amides is 1. The van der Waals surface area contributed by atoms with Crippen molar-refractivity contribution in [1.29, 1.82) is 0 Å². The molecule has 4 nitrogen and oxygen atoms in total. The molecule has 0 aliphatic carbocycles. The van der Waals surface area contributed by atoms with Gasteiger partial charge in [-0.05, 0) is 18.9 Å². The average molecular weight is 338 g/mol. The van der Waals surface area contributed by atoms with Crippen molar-refractivity contribution in [3.63, 3.8) is 0 Å². The maximum atomic E-state index is 12.5. The first-order valence-corrected chi connectivity index (χ1v) is 8.00. The van der Waals surface area contributed by atoms with Crippen LogP contribution in [-0.2, 0) is 7.05 Å². The number of alkyl halides is 1. The highest BCUT2D eigenvalue weighted by molar-refractivity contribution is 9.09. The number of benzene rings is 1. The highest BCUT2D eigenvalue weighted by Crippen LogP contribution is 2.18. The quantitative estimate of drug-likeness (QED) is 0.599. The zero-order valence-electron chi connectivity index (χ0n) is 12.0. The van der Waals surface area contributed by atoms with E-state index in [0.717, 1.165) is 42.0 Å². The molecule has 108 valence electrons. The van der Waals surface area contributed by atoms with E-state index in [2.05, 4.69) is 21.0 Å². The molecule has 5 heteroatoms. The fraction of sp³-hybridized carbons (Fsp3) is 0.467. The zero-order chi connectivity index (χ0) is 14.5. The van der Waals surface area contributed by atoms with Gasteiger partial charge in [-0.3, -0.25) is 9.48 Å². The summed E-state index contributed by atoms with van der Waals surface area (Å²) in [5, 5.41) is 6.32. The first-order chi connectivity index (χ1) is 9.65. The van der Waals surface area contributed by atoms with E-state index >= 15 is 0 Å². The van der Waals surface area contributed by atoms with Gasteiger partial charge in [-0.2, -0.15) is 5.10 Å². The van der Waals surface area contributed by atoms with E-state index in [4.69, 9.17) is 0 Å². The molecule has 0 saturated heterocycles. The van der Waals surface area contributed by atoms with Gasteiger partial charge in [0.15, 0.2) is 5.69 Å². The number of aromatic nitrogens is 2. The molecule has 20 heavy (non-hydrogen) atoms. The smallest absolute Gasteiger partial charge is 0.274 e. The topological polar surface area (TPSA) is 38.1 Å². The van der Waals surface area contributed by atoms with E-state index in [1.807, 2.05) is 38.4 Å². The molecular weight excluding hydrogens is 318 g/mol. The molecule has 0 unspecified atom stereocenters. The van der Waals surface area contributed by atoms with E-state index in [0.29, 0.717) is 5.69 Å². The minimum absolute atomic E-state index is 0.000595. The van der Waals surface area contributed by atoms with Crippen molar-refractivity contribution in [3.8, 4) is 0 Å². The Kier molecular flexibility index (Phi) is 5.17. The molecule has 0 spiro atoms. The largest absolute Gasteiger partial charge is 0.340 e. The van der Waals surface area contributed by atoms with Gasteiger partial charge in [0, 0.05) is 31.4 Å². The Morgan fingerprint density at radius 1 is 1.30 bits per heavy atom. The minimum Gasteiger partial charge on any atom is -0.340 e. The molecule has 0 aliphatic rings. The van der Waals surface area contributed by atoms with Crippen LogP contribution in [0.25, 0.3) is 10.9 Å². The molecule has 1 aromatic carbocycles. The van der Waals surface area contributed by atoms with E-state index < -0.39 is 0 Å². The van der Waals surface area contributed by atoms with Crippen LogP contribution >= 0.6 is 15.9 Å². The Balaban J connectivity index is 2.11. The molecule has 0 atom stereocenters. The van der Waals surface area contributed by atoms with Crippen LogP contribution in [0.15, 0.2) is 24.3 Å². The van der Waals surface area contributed by atoms with Crippen molar-refractivity contribution < 1.29 is 4.79 Å². The zero-order valence-corrected chi connectivity index (χ0v) is 13.6. The lowest BCUT2D eigenvalue weighted by Gasteiger charge is -2.15. The van der Waals surface area contributed by atoms with Crippen molar-refractivity contribution in [2.45, 2.75) is 19.3 Å². The highest BCUT2D eigenvalue weighted by atomic mass is 79.9. The van der Waals surface area contributed by atoms with Crippen molar-refractivity contribution in [1.82, 2.24) is 14.7 Å². The molecule has 0 N–H and O–H groups in total. The Morgan fingerprint density at radius 3 is 2.80 bits per heavy atom. The normalized spacial score (nSPS) is 10.9. The second kappa shape index (κ2) is 6.88. The van der Waals surface area contributed by atoms with Gasteiger partial charge in [-0.1, -0.05) is 40.5 Å². The van der Waals surface area contributed by atoms with E-state index in [9.17, 15) is 4.79 Å². The number of hydrogen-bond donors (Lipinski definition) is 0. The fourth-order valence-corrected chi connectivity index (χ4v) is 2.67. The molecule has 2 rings (SSSR count). The van der Waals surface area contributed by atoms with Crippen molar-refractivity contribution in [2.75, 3.05) is 18.9 Å². The third kappa shape index (κ3) is 3.20. The summed E-state index contributed by atoms with van der Waals surface area (Å²) in [6, 6.07) is 7.84. The maximum absolute atomic E-state index is 12.5. The fourth-order valence-electron chi connectivity index (χ4n) is 2.27. The number of nitrogens with zero attached hydrogens (tertiary/aromatic N) is 3. The first kappa shape index (κ1) is 15.0. The van der Waals surface area contributed by atoms with Gasteiger partial charge in [-0.25, -0.2) is 0 Å². The minimum atomic E-state index is 0.000595. The van der Waals surface area contributed by atoms with Crippen LogP contribution in [0.1, 0.15) is 29.8 Å². The Hall–Kier alpha value is -1.36. The molecule has 1 aromatic heterocycles. The summed E-state index contributed by atoms with van der Waals surface area (Å²) in [6.45, 7) is 0.775. The summed E-state index contributed by atoms with van der Waals surface area (Å²) in [5.41, 5.74) is 1.54. The molecular formula is C15H20BrN3O. The van der Waals surface area contributed by atoms with Gasteiger partial charge >= 0.3 is 0 Å². The van der Waals surface area contributed by atoms with E-state index in [-0.39, 0.29) is 5.91 Å². The van der Waals surface area contributed by atoms with Gasteiger partial charge < -0.3 is 4.90 Å². The van der Waals surface area contributed by atoms with Crippen LogP contribution in [-0.4, -0.2) is 39.5 Å². The maximum Gasteiger partial charge on any atom is 0.274 e. The molecule has 0 fully saturated rings. The average Bonchev–Trinajstić information content (AvgIpc) is 2.80. The van der Waals surface area contributed by atoms with Crippen molar-refractivity contribution in [3.05, 3.63) is 30.0 Å². The Bertz CT molecular complexity index is 594. The number of carbonyl (C=O) groups excluding carboxylic acids is 1. The van der Waals surface area contributed by atoms with E-state index in [1.165, 1.54) is 0 Å². The molecule has 0 radical (unpaired) electrons. The second-order valence-corrected chi connectivity index (χ2v) is 5.76. The lowest BCUT2D eigenvalue weighted by atomic mass is 10.2. The van der Waals surface area contributed by atoms with Crippen LogP contribution in [0.5, 0.6) is 0 Å². The molecule has 1 heterocycles. The number of halogens is 1. The first-order valence-electron chi connectivity index (χ1n) is 6.88. The lowest BCUT2D eigenvalue weighted by Crippen LogP contribution is -2.28. The third-order valence-electron chi connectivity index (χ3n) is 3.43. The molecule has 0 saturated carbocycles. The summed E-state index contributed by atoms with van der Waals surface area (Å²) >= 11 is 3.42.